The van der Waals surface area contributed by atoms with E-state index in [9.17, 15) is 9.59 Å². The number of fused-ring (bicyclic) bond motifs is 5. The lowest BCUT2D eigenvalue weighted by atomic mass is 9.98. The third-order valence-corrected chi connectivity index (χ3v) is 14.4. The van der Waals surface area contributed by atoms with E-state index in [0.717, 1.165) is 81.0 Å². The summed E-state index contributed by atoms with van der Waals surface area (Å²) in [5, 5.41) is 6.04. The van der Waals surface area contributed by atoms with Gasteiger partial charge in [-0.2, -0.15) is 0 Å². The van der Waals surface area contributed by atoms with Crippen molar-refractivity contribution in [1.82, 2.24) is 30.6 Å². The summed E-state index contributed by atoms with van der Waals surface area (Å²) < 4.78 is 11.9. The number of aromatic nitrogens is 4. The van der Waals surface area contributed by atoms with Gasteiger partial charge in [-0.05, 0) is 91.6 Å². The summed E-state index contributed by atoms with van der Waals surface area (Å²) in [6, 6.07) is 61.4. The highest BCUT2D eigenvalue weighted by Crippen LogP contribution is 2.44. The first-order valence-corrected chi connectivity index (χ1v) is 26.0. The van der Waals surface area contributed by atoms with Crippen molar-refractivity contribution in [2.24, 2.45) is 5.73 Å². The van der Waals surface area contributed by atoms with Crippen molar-refractivity contribution in [2.45, 2.75) is 56.3 Å². The summed E-state index contributed by atoms with van der Waals surface area (Å²) >= 11 is 0. The molecule has 0 radical (unpaired) electrons. The fourth-order valence-corrected chi connectivity index (χ4v) is 10.5. The van der Waals surface area contributed by atoms with Gasteiger partial charge in [-0.25, -0.2) is 14.8 Å². The summed E-state index contributed by atoms with van der Waals surface area (Å²) in [5.41, 5.74) is 23.4. The van der Waals surface area contributed by atoms with E-state index in [4.69, 9.17) is 20.2 Å². The average molecular weight is 1000 g/mol. The number of hydrogen-bond acceptors (Lipinski definition) is 7. The molecule has 0 fully saturated rings. The summed E-state index contributed by atoms with van der Waals surface area (Å²) in [5.74, 6) is 0.947. The number of H-pyrrole nitrogens is 2. The maximum Gasteiger partial charge on any atom is 0.407 e. The molecule has 2 heterocycles. The monoisotopic (exact) mass is 1000 g/mol. The maximum atomic E-state index is 14.3. The topological polar surface area (TPSA) is 160 Å². The molecule has 2 aromatic heterocycles. The van der Waals surface area contributed by atoms with Crippen LogP contribution in [0.3, 0.4) is 0 Å². The molecule has 2 amide bonds. The minimum absolute atomic E-state index is 0.0589. The Labute approximate surface area is 443 Å². The Bertz CT molecular complexity index is 3470. The number of hydrogen-bond donors (Lipinski definition) is 5. The number of alkyl carbamates (subject to hydrolysis) is 1. The number of ether oxygens (including phenoxy) is 2. The number of amides is 2. The Morgan fingerprint density at radius 2 is 1.05 bits per heavy atom. The van der Waals surface area contributed by atoms with Crippen LogP contribution >= 0.6 is 0 Å². The van der Waals surface area contributed by atoms with E-state index in [1.54, 1.807) is 6.20 Å². The smallest absolute Gasteiger partial charge is 0.407 e. The quantitative estimate of drug-likeness (QED) is 0.0607. The lowest BCUT2D eigenvalue weighted by Gasteiger charge is -2.23. The number of rotatable bonds is 17. The van der Waals surface area contributed by atoms with Crippen LogP contribution in [0, 0.1) is 0 Å². The average Bonchev–Trinajstić information content (AvgIpc) is 4.35. The van der Waals surface area contributed by atoms with Gasteiger partial charge in [-0.1, -0.05) is 200 Å². The van der Waals surface area contributed by atoms with E-state index in [0.29, 0.717) is 12.2 Å². The van der Waals surface area contributed by atoms with Crippen molar-refractivity contribution in [3.05, 3.63) is 263 Å². The first-order valence-electron chi connectivity index (χ1n) is 26.0. The zero-order chi connectivity index (χ0) is 51.6. The van der Waals surface area contributed by atoms with Crippen molar-refractivity contribution in [3.8, 4) is 33.6 Å². The van der Waals surface area contributed by atoms with Crippen LogP contribution in [0.25, 0.3) is 44.8 Å². The molecule has 9 aromatic rings. The van der Waals surface area contributed by atoms with Gasteiger partial charge in [0.15, 0.2) is 0 Å². The standard InChI is InChI=1S/C45H40N4O4.C20H19N3/c50-44(48-40(25-33-24-23-31-15-7-8-18-34(31)33)43-46-26-41(47-43)32-16-5-2-6-17-32)42(29-52-27-30-13-3-1-4-14-30)49-45(51)53-28-39-37-21-11-9-19-35(37)36-20-10-12-22-38(36)39;21-18(12-16-11-10-14-6-4-5-9-17(14)16)20-22-13-19(23-20)15-7-2-1-3-8-15/h1-22,24,26,39-40,42H,23,25,27-29H2,(H,46,47)(H,48,50)(H,49,51);1-9,11,13,18H,10,12,21H2,(H,22,23)/t40-,42-;18-/m11/s1. The summed E-state index contributed by atoms with van der Waals surface area (Å²) in [4.78, 5) is 43.8. The lowest BCUT2D eigenvalue weighted by Crippen LogP contribution is -2.50. The first kappa shape index (κ1) is 49.3. The first-order chi connectivity index (χ1) is 37.4. The van der Waals surface area contributed by atoms with E-state index in [1.165, 1.54) is 27.8 Å². The van der Waals surface area contributed by atoms with Gasteiger partial charge in [0, 0.05) is 12.3 Å². The van der Waals surface area contributed by atoms with Crippen molar-refractivity contribution >= 4 is 23.1 Å². The Hall–Kier alpha value is -8.90. The van der Waals surface area contributed by atoms with Crippen molar-refractivity contribution in [2.75, 3.05) is 13.2 Å². The molecule has 0 bridgehead atoms. The Kier molecular flexibility index (Phi) is 15.0. The van der Waals surface area contributed by atoms with Crippen molar-refractivity contribution < 1.29 is 19.1 Å². The van der Waals surface area contributed by atoms with Crippen LogP contribution in [0.5, 0.6) is 0 Å². The second-order valence-electron chi connectivity index (χ2n) is 19.4. The number of nitrogens with zero attached hydrogens (tertiary/aromatic N) is 2. The number of carbonyl (C=O) groups excluding carboxylic acids is 2. The van der Waals surface area contributed by atoms with Crippen LogP contribution in [0.1, 0.15) is 81.4 Å². The van der Waals surface area contributed by atoms with Gasteiger partial charge < -0.3 is 35.8 Å². The third kappa shape index (κ3) is 11.3. The molecule has 3 atom stereocenters. The van der Waals surface area contributed by atoms with Crippen molar-refractivity contribution in [1.29, 1.82) is 0 Å². The van der Waals surface area contributed by atoms with Crippen LogP contribution in [0.2, 0.25) is 0 Å². The predicted molar refractivity (Wildman–Crippen MR) is 299 cm³/mol. The number of nitrogens with one attached hydrogen (secondary N) is 4. The van der Waals surface area contributed by atoms with E-state index in [-0.39, 0.29) is 31.8 Å². The molecule has 0 aliphatic heterocycles. The largest absolute Gasteiger partial charge is 0.449 e. The van der Waals surface area contributed by atoms with E-state index in [2.05, 4.69) is 111 Å². The van der Waals surface area contributed by atoms with E-state index in [1.807, 2.05) is 121 Å². The van der Waals surface area contributed by atoms with Crippen LogP contribution < -0.4 is 16.4 Å². The van der Waals surface area contributed by atoms with Gasteiger partial charge in [-0.3, -0.25) is 4.79 Å². The summed E-state index contributed by atoms with van der Waals surface area (Å²) in [6.45, 7) is 0.350. The highest BCUT2D eigenvalue weighted by Gasteiger charge is 2.32. The molecule has 7 aromatic carbocycles. The van der Waals surface area contributed by atoms with E-state index >= 15 is 0 Å². The minimum atomic E-state index is -1.04. The Morgan fingerprint density at radius 3 is 1.64 bits per heavy atom. The summed E-state index contributed by atoms with van der Waals surface area (Å²) in [6.07, 6.45) is 10.6. The predicted octanol–water partition coefficient (Wildman–Crippen LogP) is 12.5. The Balaban J connectivity index is 0.000000222. The molecule has 11 heteroatoms. The fourth-order valence-electron chi connectivity index (χ4n) is 10.5. The molecule has 76 heavy (non-hydrogen) atoms. The number of nitrogens with two attached hydrogens (primary N) is 1. The second kappa shape index (κ2) is 23.1. The van der Waals surface area contributed by atoms with Crippen LogP contribution in [-0.2, 0) is 33.7 Å². The second-order valence-corrected chi connectivity index (χ2v) is 19.4. The molecule has 11 nitrogen and oxygen atoms in total. The van der Waals surface area contributed by atoms with Gasteiger partial charge in [0.1, 0.15) is 24.3 Å². The van der Waals surface area contributed by atoms with Gasteiger partial charge >= 0.3 is 6.09 Å². The lowest BCUT2D eigenvalue weighted by molar-refractivity contribution is -0.125. The van der Waals surface area contributed by atoms with Gasteiger partial charge in [0.25, 0.3) is 0 Å². The summed E-state index contributed by atoms with van der Waals surface area (Å²) in [7, 11) is 0. The zero-order valence-electron chi connectivity index (χ0n) is 42.1. The SMILES string of the molecule is N[C@H](CC1=CCc2ccccc21)c1ncc(-c2ccccc2)[nH]1.O=C(N[C@H](COCc1ccccc1)C(=O)N[C@H](CC1=CCc2ccccc21)c1ncc(-c2ccccc2)[nH]1)OCC1c2ccccc2-c2ccccc21. The number of imidazole rings is 2. The number of benzene rings is 7. The van der Waals surface area contributed by atoms with Crippen LogP contribution in [0.4, 0.5) is 4.79 Å². The van der Waals surface area contributed by atoms with Crippen molar-refractivity contribution in [3.63, 3.8) is 0 Å². The number of carbonyl (C=O) groups is 2. The molecule has 0 saturated heterocycles. The van der Waals surface area contributed by atoms with Gasteiger partial charge in [0.2, 0.25) is 5.91 Å². The number of allylic oxidation sites excluding steroid dienone is 2. The number of aromatic amines is 2. The van der Waals surface area contributed by atoms with Gasteiger partial charge in [0.05, 0.1) is 49.1 Å². The fraction of sp³-hybridized carbons (Fsp3) is 0.169. The van der Waals surface area contributed by atoms with Crippen LogP contribution in [-0.4, -0.2) is 51.2 Å². The highest BCUT2D eigenvalue weighted by molar-refractivity contribution is 5.87. The van der Waals surface area contributed by atoms with Gasteiger partial charge in [-0.15, -0.1) is 0 Å². The Morgan fingerprint density at radius 1 is 0.566 bits per heavy atom. The molecule has 12 rings (SSSR count). The third-order valence-electron chi connectivity index (χ3n) is 14.4. The molecule has 3 aliphatic carbocycles. The molecule has 6 N–H and O–H groups in total. The molecular formula is C65H59N7O4. The molecule has 0 saturated carbocycles. The molecule has 3 aliphatic rings. The zero-order valence-corrected chi connectivity index (χ0v) is 42.1. The molecule has 0 spiro atoms. The van der Waals surface area contributed by atoms with Crippen LogP contribution in [0.15, 0.2) is 213 Å². The normalized spacial score (nSPS) is 14.1. The molecular weight excluding hydrogens is 943 g/mol. The molecule has 378 valence electrons. The molecule has 0 unspecified atom stereocenters. The van der Waals surface area contributed by atoms with E-state index < -0.39 is 24.1 Å². The minimum Gasteiger partial charge on any atom is -0.449 e. The highest BCUT2D eigenvalue weighted by atomic mass is 16.5. The maximum absolute atomic E-state index is 14.3.